The molecule has 4 rings (SSSR count). The number of halogens is 1. The molecule has 1 atom stereocenters. The van der Waals surface area contributed by atoms with Crippen LogP contribution in [0.1, 0.15) is 27.3 Å². The van der Waals surface area contributed by atoms with E-state index in [9.17, 15) is 14.6 Å². The van der Waals surface area contributed by atoms with Gasteiger partial charge in [-0.15, -0.1) is 0 Å². The van der Waals surface area contributed by atoms with Gasteiger partial charge in [0.05, 0.1) is 17.7 Å². The van der Waals surface area contributed by atoms with Crippen molar-refractivity contribution in [3.8, 4) is 0 Å². The van der Waals surface area contributed by atoms with Crippen LogP contribution >= 0.6 is 19.0 Å². The van der Waals surface area contributed by atoms with E-state index >= 15 is 0 Å². The number of carbonyl (C=O) groups excluding carboxylic acids is 1. The summed E-state index contributed by atoms with van der Waals surface area (Å²) in [5, 5.41) is 16.3. The van der Waals surface area contributed by atoms with Crippen molar-refractivity contribution in [1.82, 2.24) is 15.3 Å². The number of nitrogens with zero attached hydrogens (tertiary/aromatic N) is 2. The number of carbonyl (C=O) groups is 1. The first-order chi connectivity index (χ1) is 15.7. The number of rotatable bonds is 6. The molecule has 1 unspecified atom stereocenters. The van der Waals surface area contributed by atoms with Gasteiger partial charge in [0.1, 0.15) is 12.2 Å². The molecule has 2 N–H and O–H groups in total. The lowest BCUT2D eigenvalue weighted by molar-refractivity contribution is -0.614. The predicted molar refractivity (Wildman–Crippen MR) is 127 cm³/mol. The van der Waals surface area contributed by atoms with Crippen molar-refractivity contribution in [3.05, 3.63) is 87.7 Å². The van der Waals surface area contributed by atoms with Crippen molar-refractivity contribution in [2.75, 3.05) is 7.11 Å². The van der Waals surface area contributed by atoms with Gasteiger partial charge in [0.2, 0.25) is 5.69 Å². The highest BCUT2D eigenvalue weighted by molar-refractivity contribution is 7.75. The maximum absolute atomic E-state index is 14.4. The second-order valence-corrected chi connectivity index (χ2v) is 10.6. The highest BCUT2D eigenvalue weighted by Crippen LogP contribution is 2.47. The van der Waals surface area contributed by atoms with E-state index in [4.69, 9.17) is 16.1 Å². The van der Waals surface area contributed by atoms with Crippen molar-refractivity contribution >= 4 is 46.4 Å². The molecule has 10 heteroatoms. The fourth-order valence-electron chi connectivity index (χ4n) is 3.83. The molecular weight excluding hydrogens is 463 g/mol. The Labute approximate surface area is 195 Å². The van der Waals surface area contributed by atoms with Crippen LogP contribution in [0.15, 0.2) is 55.0 Å². The minimum Gasteiger partial charge on any atom is -0.618 e. The van der Waals surface area contributed by atoms with Crippen molar-refractivity contribution in [2.45, 2.75) is 20.4 Å². The SMILES string of the molecule is COP(=O)(c1cc(C)cc(C)c1)c1c(C(=O)NCc2cncc[n+]2[O-])[nH]c2ccc(Cl)cc12. The van der Waals surface area contributed by atoms with Crippen LogP contribution in [-0.2, 0) is 15.6 Å². The number of H-pyrrole nitrogens is 1. The Morgan fingerprint density at radius 3 is 2.64 bits per heavy atom. The minimum absolute atomic E-state index is 0.0629. The van der Waals surface area contributed by atoms with Gasteiger partial charge in [-0.1, -0.05) is 28.8 Å². The van der Waals surface area contributed by atoms with Crippen LogP contribution in [0.4, 0.5) is 0 Å². The summed E-state index contributed by atoms with van der Waals surface area (Å²) in [6.07, 6.45) is 3.97. The molecular formula is C23H22ClN4O4P. The van der Waals surface area contributed by atoms with Gasteiger partial charge < -0.3 is 20.0 Å². The average molecular weight is 485 g/mol. The van der Waals surface area contributed by atoms with Gasteiger partial charge in [0.15, 0.2) is 6.20 Å². The van der Waals surface area contributed by atoms with Crippen molar-refractivity contribution in [3.63, 3.8) is 0 Å². The van der Waals surface area contributed by atoms with Gasteiger partial charge in [-0.05, 0) is 44.2 Å². The topological polar surface area (TPSA) is 111 Å². The van der Waals surface area contributed by atoms with Gasteiger partial charge in [0.25, 0.3) is 13.3 Å². The Balaban J connectivity index is 1.86. The van der Waals surface area contributed by atoms with Crippen molar-refractivity contribution in [2.24, 2.45) is 0 Å². The van der Waals surface area contributed by atoms with Gasteiger partial charge in [-0.2, -0.15) is 4.73 Å². The first kappa shape index (κ1) is 23.0. The van der Waals surface area contributed by atoms with E-state index in [0.717, 1.165) is 11.1 Å². The van der Waals surface area contributed by atoms with Crippen LogP contribution < -0.4 is 20.7 Å². The van der Waals surface area contributed by atoms with E-state index in [0.29, 0.717) is 26.0 Å². The third-order valence-electron chi connectivity index (χ3n) is 5.28. The lowest BCUT2D eigenvalue weighted by atomic mass is 10.2. The van der Waals surface area contributed by atoms with Gasteiger partial charge in [-0.3, -0.25) is 14.3 Å². The standard InChI is InChI=1S/C23H22ClN4O4P/c1-14-8-15(2)10-18(9-14)33(31,32-3)22-19-11-16(24)4-5-20(19)27-21(22)23(29)26-13-17-12-25-6-7-28(17)30/h4-12,27H,13H2,1-3H3,(H,26,29). The smallest absolute Gasteiger partial charge is 0.269 e. The fourth-order valence-corrected chi connectivity index (χ4v) is 6.35. The molecule has 0 aliphatic heterocycles. The number of nitrogens with one attached hydrogen (secondary N) is 2. The maximum atomic E-state index is 14.4. The molecule has 0 aliphatic rings. The molecule has 33 heavy (non-hydrogen) atoms. The summed E-state index contributed by atoms with van der Waals surface area (Å²) in [7, 11) is -2.34. The van der Waals surface area contributed by atoms with Crippen LogP contribution in [0.3, 0.4) is 0 Å². The summed E-state index contributed by atoms with van der Waals surface area (Å²) < 4.78 is 20.7. The van der Waals surface area contributed by atoms with E-state index in [1.54, 1.807) is 30.3 Å². The van der Waals surface area contributed by atoms with Crippen LogP contribution in [0.2, 0.25) is 5.02 Å². The van der Waals surface area contributed by atoms with E-state index in [1.165, 1.54) is 25.7 Å². The molecule has 0 fully saturated rings. The summed E-state index contributed by atoms with van der Waals surface area (Å²) in [6.45, 7) is 3.75. The number of aromatic nitrogens is 3. The van der Waals surface area contributed by atoms with Crippen LogP contribution in [0.5, 0.6) is 0 Å². The molecule has 0 aliphatic carbocycles. The molecule has 0 radical (unpaired) electrons. The Hall–Kier alpha value is -3.19. The quantitative estimate of drug-likeness (QED) is 0.248. The molecule has 170 valence electrons. The third-order valence-corrected chi connectivity index (χ3v) is 8.02. The highest BCUT2D eigenvalue weighted by atomic mass is 35.5. The molecule has 0 bridgehead atoms. The van der Waals surface area contributed by atoms with Crippen LogP contribution in [0.25, 0.3) is 10.9 Å². The first-order valence-corrected chi connectivity index (χ1v) is 12.1. The Bertz CT molecular complexity index is 1400. The lowest BCUT2D eigenvalue weighted by Gasteiger charge is -2.19. The second-order valence-electron chi connectivity index (χ2n) is 7.69. The zero-order valence-corrected chi connectivity index (χ0v) is 19.9. The highest BCUT2D eigenvalue weighted by Gasteiger charge is 2.36. The largest absolute Gasteiger partial charge is 0.618 e. The Kier molecular flexibility index (Phi) is 6.26. The molecule has 4 aromatic rings. The van der Waals surface area contributed by atoms with Crippen LogP contribution in [-0.4, -0.2) is 23.0 Å². The number of fused-ring (bicyclic) bond motifs is 1. The molecule has 2 aromatic carbocycles. The third kappa shape index (κ3) is 4.37. The predicted octanol–water partition coefficient (Wildman–Crippen LogP) is 3.27. The van der Waals surface area contributed by atoms with Gasteiger partial charge in [-0.25, -0.2) is 0 Å². The summed E-state index contributed by atoms with van der Waals surface area (Å²) in [4.78, 5) is 20.2. The van der Waals surface area contributed by atoms with E-state index < -0.39 is 13.3 Å². The summed E-state index contributed by atoms with van der Waals surface area (Å²) in [6, 6.07) is 10.6. The lowest BCUT2D eigenvalue weighted by Crippen LogP contribution is -2.37. The number of benzene rings is 2. The number of hydrogen-bond donors (Lipinski definition) is 2. The Morgan fingerprint density at radius 1 is 1.24 bits per heavy atom. The molecule has 2 heterocycles. The number of amides is 1. The van der Waals surface area contributed by atoms with Crippen LogP contribution in [0, 0.1) is 19.1 Å². The molecule has 1 amide bonds. The first-order valence-electron chi connectivity index (χ1n) is 10.1. The maximum Gasteiger partial charge on any atom is 0.269 e. The second kappa shape index (κ2) is 8.98. The van der Waals surface area contributed by atoms with E-state index in [2.05, 4.69) is 15.3 Å². The number of aryl methyl sites for hydroxylation is 2. The number of aromatic amines is 1. The van der Waals surface area contributed by atoms with Crippen molar-refractivity contribution < 1.29 is 18.6 Å². The zero-order valence-electron chi connectivity index (χ0n) is 18.3. The van der Waals surface area contributed by atoms with E-state index in [1.807, 2.05) is 19.9 Å². The molecule has 2 aromatic heterocycles. The Morgan fingerprint density at radius 2 is 1.97 bits per heavy atom. The molecule has 0 saturated heterocycles. The van der Waals surface area contributed by atoms with Gasteiger partial charge in [0, 0.05) is 28.3 Å². The summed E-state index contributed by atoms with van der Waals surface area (Å²) in [5.74, 6) is -0.539. The molecule has 0 saturated carbocycles. The van der Waals surface area contributed by atoms with Gasteiger partial charge >= 0.3 is 0 Å². The summed E-state index contributed by atoms with van der Waals surface area (Å²) >= 11 is 6.24. The fraction of sp³-hybridized carbons (Fsp3) is 0.174. The molecule has 0 spiro atoms. The minimum atomic E-state index is -3.70. The normalized spacial score (nSPS) is 13.1. The van der Waals surface area contributed by atoms with Crippen molar-refractivity contribution in [1.29, 1.82) is 0 Å². The average Bonchev–Trinajstić information content (AvgIpc) is 3.16. The van der Waals surface area contributed by atoms with E-state index in [-0.39, 0.29) is 23.2 Å². The molecule has 8 nitrogen and oxygen atoms in total. The monoisotopic (exact) mass is 484 g/mol. The zero-order chi connectivity index (χ0) is 23.8. The summed E-state index contributed by atoms with van der Waals surface area (Å²) in [5.41, 5.74) is 2.76. The number of hydrogen-bond acceptors (Lipinski definition) is 5.